The Morgan fingerprint density at radius 2 is 1.81 bits per heavy atom. The molecule has 0 saturated carbocycles. The second-order valence-electron chi connectivity index (χ2n) is 5.97. The van der Waals surface area contributed by atoms with Gasteiger partial charge in [0.1, 0.15) is 0 Å². The first-order chi connectivity index (χ1) is 12.5. The lowest BCUT2D eigenvalue weighted by atomic mass is 10.1. The molecular formula is C19H20N4OS2. The van der Waals surface area contributed by atoms with E-state index in [0.29, 0.717) is 5.13 Å². The standard InChI is InChI=1S/C19H20N4OS2/c1-12-8-9-16(10-14(12)3)20-17(24)21-18-22-23-19(26-18)25-11-15-7-5-4-6-13(15)2/h4-10H,11H2,1-3H3,(H2,20,21,22,24). The smallest absolute Gasteiger partial charge is 0.308 e. The van der Waals surface area contributed by atoms with E-state index in [4.69, 9.17) is 0 Å². The molecule has 134 valence electrons. The molecule has 1 heterocycles. The summed E-state index contributed by atoms with van der Waals surface area (Å²) in [5, 5.41) is 14.2. The van der Waals surface area contributed by atoms with Gasteiger partial charge in [0.15, 0.2) is 4.34 Å². The van der Waals surface area contributed by atoms with Crippen LogP contribution in [0.3, 0.4) is 0 Å². The molecule has 0 aliphatic carbocycles. The zero-order valence-corrected chi connectivity index (χ0v) is 16.5. The maximum Gasteiger partial charge on any atom is 0.325 e. The summed E-state index contributed by atoms with van der Waals surface area (Å²) in [4.78, 5) is 12.1. The fourth-order valence-electron chi connectivity index (χ4n) is 2.31. The third-order valence-corrected chi connectivity index (χ3v) is 6.02. The number of nitrogens with one attached hydrogen (secondary N) is 2. The SMILES string of the molecule is Cc1ccc(NC(=O)Nc2nnc(SCc3ccccc3C)s2)cc1C. The first-order valence-electron chi connectivity index (χ1n) is 8.17. The van der Waals surface area contributed by atoms with Crippen molar-refractivity contribution >= 4 is 39.9 Å². The Labute approximate surface area is 161 Å². The van der Waals surface area contributed by atoms with Crippen LogP contribution in [0.5, 0.6) is 0 Å². The van der Waals surface area contributed by atoms with Crippen LogP contribution in [0.4, 0.5) is 15.6 Å². The second kappa shape index (κ2) is 8.33. The lowest BCUT2D eigenvalue weighted by molar-refractivity contribution is 0.262. The summed E-state index contributed by atoms with van der Waals surface area (Å²) in [6.45, 7) is 6.15. The van der Waals surface area contributed by atoms with Crippen molar-refractivity contribution in [3.8, 4) is 0 Å². The van der Waals surface area contributed by atoms with Crippen LogP contribution in [0.2, 0.25) is 0 Å². The van der Waals surface area contributed by atoms with E-state index in [2.05, 4.69) is 39.9 Å². The molecule has 26 heavy (non-hydrogen) atoms. The predicted octanol–water partition coefficient (Wildman–Crippen LogP) is 5.40. The number of rotatable bonds is 5. The molecule has 2 N–H and O–H groups in total. The van der Waals surface area contributed by atoms with Gasteiger partial charge in [0.2, 0.25) is 5.13 Å². The first kappa shape index (κ1) is 18.4. The highest BCUT2D eigenvalue weighted by molar-refractivity contribution is 8.00. The van der Waals surface area contributed by atoms with Crippen LogP contribution in [-0.4, -0.2) is 16.2 Å². The second-order valence-corrected chi connectivity index (χ2v) is 8.17. The molecule has 2 amide bonds. The third-order valence-electron chi connectivity index (χ3n) is 4.00. The zero-order chi connectivity index (χ0) is 18.5. The van der Waals surface area contributed by atoms with Gasteiger partial charge < -0.3 is 5.32 Å². The molecule has 0 saturated heterocycles. The van der Waals surface area contributed by atoms with Crippen molar-refractivity contribution in [2.45, 2.75) is 30.9 Å². The molecule has 0 unspecified atom stereocenters. The van der Waals surface area contributed by atoms with E-state index in [1.54, 1.807) is 11.8 Å². The number of benzene rings is 2. The number of carbonyl (C=O) groups excluding carboxylic acids is 1. The number of hydrogen-bond donors (Lipinski definition) is 2. The number of aryl methyl sites for hydroxylation is 3. The number of anilines is 2. The minimum Gasteiger partial charge on any atom is -0.308 e. The molecule has 2 aromatic carbocycles. The highest BCUT2D eigenvalue weighted by Crippen LogP contribution is 2.29. The van der Waals surface area contributed by atoms with Crippen LogP contribution in [0.1, 0.15) is 22.3 Å². The average Bonchev–Trinajstić information content (AvgIpc) is 3.05. The average molecular weight is 385 g/mol. The van der Waals surface area contributed by atoms with Gasteiger partial charge in [-0.3, -0.25) is 5.32 Å². The largest absolute Gasteiger partial charge is 0.325 e. The number of aromatic nitrogens is 2. The Morgan fingerprint density at radius 3 is 2.58 bits per heavy atom. The van der Waals surface area contributed by atoms with E-state index in [0.717, 1.165) is 21.3 Å². The lowest BCUT2D eigenvalue weighted by Crippen LogP contribution is -2.19. The number of carbonyl (C=O) groups is 1. The van der Waals surface area contributed by atoms with Gasteiger partial charge in [0, 0.05) is 11.4 Å². The van der Waals surface area contributed by atoms with Crippen LogP contribution in [-0.2, 0) is 5.75 Å². The van der Waals surface area contributed by atoms with E-state index in [1.807, 2.05) is 44.2 Å². The molecule has 0 aliphatic heterocycles. The molecule has 7 heteroatoms. The summed E-state index contributed by atoms with van der Waals surface area (Å²) in [6.07, 6.45) is 0. The van der Waals surface area contributed by atoms with E-state index in [9.17, 15) is 4.79 Å². The number of urea groups is 1. The van der Waals surface area contributed by atoms with Gasteiger partial charge in [-0.1, -0.05) is 53.4 Å². The van der Waals surface area contributed by atoms with Gasteiger partial charge in [-0.05, 0) is 55.2 Å². The summed E-state index contributed by atoms with van der Waals surface area (Å²) in [5.74, 6) is 0.830. The molecule has 1 aromatic heterocycles. The molecule has 3 aromatic rings. The highest BCUT2D eigenvalue weighted by Gasteiger charge is 2.10. The third kappa shape index (κ3) is 4.83. The van der Waals surface area contributed by atoms with Crippen LogP contribution >= 0.6 is 23.1 Å². The predicted molar refractivity (Wildman–Crippen MR) is 109 cm³/mol. The monoisotopic (exact) mass is 384 g/mol. The highest BCUT2D eigenvalue weighted by atomic mass is 32.2. The summed E-state index contributed by atoms with van der Waals surface area (Å²) in [7, 11) is 0. The van der Waals surface area contributed by atoms with E-state index < -0.39 is 0 Å². The number of thioether (sulfide) groups is 1. The van der Waals surface area contributed by atoms with Crippen molar-refractivity contribution in [2.75, 3.05) is 10.6 Å². The summed E-state index contributed by atoms with van der Waals surface area (Å²) >= 11 is 2.99. The Balaban J connectivity index is 1.55. The maximum absolute atomic E-state index is 12.1. The summed E-state index contributed by atoms with van der Waals surface area (Å²) in [6, 6.07) is 13.8. The molecule has 0 bridgehead atoms. The number of hydrogen-bond acceptors (Lipinski definition) is 5. The minimum absolute atomic E-state index is 0.320. The van der Waals surface area contributed by atoms with Crippen LogP contribution in [0.15, 0.2) is 46.8 Å². The number of amides is 2. The Hall–Kier alpha value is -2.38. The van der Waals surface area contributed by atoms with E-state index in [-0.39, 0.29) is 6.03 Å². The van der Waals surface area contributed by atoms with Gasteiger partial charge in [0.25, 0.3) is 0 Å². The fourth-order valence-corrected chi connectivity index (χ4v) is 4.13. The van der Waals surface area contributed by atoms with E-state index >= 15 is 0 Å². The van der Waals surface area contributed by atoms with Gasteiger partial charge >= 0.3 is 6.03 Å². The molecular weight excluding hydrogens is 364 g/mol. The quantitative estimate of drug-likeness (QED) is 0.456. The van der Waals surface area contributed by atoms with Gasteiger partial charge in [0.05, 0.1) is 0 Å². The van der Waals surface area contributed by atoms with Gasteiger partial charge in [-0.2, -0.15) is 0 Å². The normalized spacial score (nSPS) is 10.6. The maximum atomic E-state index is 12.1. The molecule has 0 atom stereocenters. The number of nitrogens with zero attached hydrogens (tertiary/aromatic N) is 2. The van der Waals surface area contributed by atoms with Crippen LogP contribution in [0.25, 0.3) is 0 Å². The lowest BCUT2D eigenvalue weighted by Gasteiger charge is -2.07. The molecule has 5 nitrogen and oxygen atoms in total. The molecule has 0 fully saturated rings. The first-order valence-corrected chi connectivity index (χ1v) is 9.97. The van der Waals surface area contributed by atoms with Crippen molar-refractivity contribution in [3.05, 3.63) is 64.7 Å². The summed E-state index contributed by atoms with van der Waals surface area (Å²) in [5.41, 5.74) is 5.61. The van der Waals surface area contributed by atoms with Gasteiger partial charge in [-0.15, -0.1) is 10.2 Å². The Bertz CT molecular complexity index is 923. The van der Waals surface area contributed by atoms with Gasteiger partial charge in [-0.25, -0.2) is 4.79 Å². The topological polar surface area (TPSA) is 66.9 Å². The van der Waals surface area contributed by atoms with Crippen LogP contribution < -0.4 is 10.6 Å². The van der Waals surface area contributed by atoms with Crippen molar-refractivity contribution in [1.82, 2.24) is 10.2 Å². The Kier molecular flexibility index (Phi) is 5.90. The summed E-state index contributed by atoms with van der Waals surface area (Å²) < 4.78 is 0.828. The minimum atomic E-state index is -0.320. The van der Waals surface area contributed by atoms with E-state index in [1.165, 1.54) is 28.0 Å². The Morgan fingerprint density at radius 1 is 1.00 bits per heavy atom. The van der Waals surface area contributed by atoms with Crippen LogP contribution in [0, 0.1) is 20.8 Å². The zero-order valence-electron chi connectivity index (χ0n) is 14.9. The van der Waals surface area contributed by atoms with Crippen molar-refractivity contribution in [2.24, 2.45) is 0 Å². The molecule has 0 radical (unpaired) electrons. The fraction of sp³-hybridized carbons (Fsp3) is 0.211. The molecule has 3 rings (SSSR count). The molecule has 0 aliphatic rings. The van der Waals surface area contributed by atoms with Crippen molar-refractivity contribution in [1.29, 1.82) is 0 Å². The van der Waals surface area contributed by atoms with Crippen molar-refractivity contribution < 1.29 is 4.79 Å². The van der Waals surface area contributed by atoms with Crippen molar-refractivity contribution in [3.63, 3.8) is 0 Å². The molecule has 0 spiro atoms.